The third kappa shape index (κ3) is 16.1. The summed E-state index contributed by atoms with van der Waals surface area (Å²) in [6.07, 6.45) is 15.6. The van der Waals surface area contributed by atoms with Crippen molar-refractivity contribution >= 4 is 0 Å². The lowest BCUT2D eigenvalue weighted by Crippen LogP contribution is -2.27. The van der Waals surface area contributed by atoms with E-state index in [0.717, 1.165) is 0 Å². The van der Waals surface area contributed by atoms with Crippen LogP contribution in [0, 0.1) is 0 Å². The number of hydrogen-bond acceptors (Lipinski definition) is 2. The Hall–Kier alpha value is -0.0800. The van der Waals surface area contributed by atoms with Gasteiger partial charge in [0.2, 0.25) is 0 Å². The van der Waals surface area contributed by atoms with Crippen molar-refractivity contribution in [3.05, 3.63) is 0 Å². The van der Waals surface area contributed by atoms with Crippen molar-refractivity contribution in [2.24, 2.45) is 0 Å². The van der Waals surface area contributed by atoms with E-state index in [1.165, 1.54) is 103 Å². The highest BCUT2D eigenvalue weighted by atomic mass is 15.1. The first kappa shape index (κ1) is 20.9. The van der Waals surface area contributed by atoms with E-state index in [9.17, 15) is 0 Å². The minimum Gasteiger partial charge on any atom is -0.317 e. The molecule has 0 amide bonds. The van der Waals surface area contributed by atoms with Gasteiger partial charge in [0, 0.05) is 0 Å². The fraction of sp³-hybridized carbons (Fsp3) is 1.00. The molecule has 0 aromatic carbocycles. The Balaban J connectivity index is 3.02. The van der Waals surface area contributed by atoms with Crippen LogP contribution in [0.25, 0.3) is 0 Å². The Morgan fingerprint density at radius 1 is 0.571 bits per heavy atom. The average Bonchev–Trinajstić information content (AvgIpc) is 2.51. The van der Waals surface area contributed by atoms with Gasteiger partial charge in [-0.25, -0.2) is 0 Å². The molecule has 0 aliphatic rings. The largest absolute Gasteiger partial charge is 0.317 e. The first-order valence-electron chi connectivity index (χ1n) is 9.78. The van der Waals surface area contributed by atoms with E-state index in [1.54, 1.807) is 0 Å². The summed E-state index contributed by atoms with van der Waals surface area (Å²) in [7, 11) is 0. The van der Waals surface area contributed by atoms with Gasteiger partial charge in [-0.1, -0.05) is 78.6 Å². The van der Waals surface area contributed by atoms with Gasteiger partial charge in [-0.05, 0) is 45.6 Å². The van der Waals surface area contributed by atoms with Gasteiger partial charge in [-0.3, -0.25) is 0 Å². The molecule has 2 heteroatoms. The van der Waals surface area contributed by atoms with Crippen LogP contribution in [0.5, 0.6) is 0 Å². The molecule has 0 saturated carbocycles. The second kappa shape index (κ2) is 18.0. The van der Waals surface area contributed by atoms with Crippen molar-refractivity contribution in [3.8, 4) is 0 Å². The van der Waals surface area contributed by atoms with Crippen LogP contribution in [0.1, 0.15) is 91.4 Å². The average molecular weight is 299 g/mol. The van der Waals surface area contributed by atoms with Crippen molar-refractivity contribution in [1.29, 1.82) is 0 Å². The predicted octanol–water partition coefficient (Wildman–Crippen LogP) is 5.23. The van der Waals surface area contributed by atoms with Gasteiger partial charge in [0.1, 0.15) is 0 Å². The van der Waals surface area contributed by atoms with Crippen LogP contribution < -0.4 is 5.32 Å². The van der Waals surface area contributed by atoms with Gasteiger partial charge in [-0.2, -0.15) is 0 Å². The SMILES string of the molecule is CCCCCCCCCCCCNCCCN(CC)CC. The van der Waals surface area contributed by atoms with Crippen LogP contribution in [0.3, 0.4) is 0 Å². The van der Waals surface area contributed by atoms with Crippen molar-refractivity contribution < 1.29 is 0 Å². The third-order valence-corrected chi connectivity index (χ3v) is 4.43. The molecule has 0 unspecified atom stereocenters. The Morgan fingerprint density at radius 3 is 1.57 bits per heavy atom. The molecule has 0 aromatic heterocycles. The lowest BCUT2D eigenvalue weighted by molar-refractivity contribution is 0.298. The summed E-state index contributed by atoms with van der Waals surface area (Å²) in [5, 5.41) is 3.59. The second-order valence-electron chi connectivity index (χ2n) is 6.31. The summed E-state index contributed by atoms with van der Waals surface area (Å²) < 4.78 is 0. The third-order valence-electron chi connectivity index (χ3n) is 4.43. The van der Waals surface area contributed by atoms with Crippen molar-refractivity contribution in [3.63, 3.8) is 0 Å². The number of unbranched alkanes of at least 4 members (excludes halogenated alkanes) is 9. The molecule has 2 nitrogen and oxygen atoms in total. The molecule has 128 valence electrons. The molecule has 21 heavy (non-hydrogen) atoms. The normalized spacial score (nSPS) is 11.4. The molecule has 0 radical (unpaired) electrons. The van der Waals surface area contributed by atoms with Crippen LogP contribution >= 0.6 is 0 Å². The number of hydrogen-bond donors (Lipinski definition) is 1. The van der Waals surface area contributed by atoms with E-state index < -0.39 is 0 Å². The zero-order chi connectivity index (χ0) is 15.6. The fourth-order valence-electron chi connectivity index (χ4n) is 2.83. The van der Waals surface area contributed by atoms with Gasteiger partial charge in [0.05, 0.1) is 0 Å². The summed E-state index contributed by atoms with van der Waals surface area (Å²) in [6, 6.07) is 0. The number of nitrogens with zero attached hydrogens (tertiary/aromatic N) is 1. The van der Waals surface area contributed by atoms with E-state index in [4.69, 9.17) is 0 Å². The Labute approximate surface area is 135 Å². The van der Waals surface area contributed by atoms with Gasteiger partial charge in [0.15, 0.2) is 0 Å². The van der Waals surface area contributed by atoms with E-state index in [-0.39, 0.29) is 0 Å². The maximum atomic E-state index is 3.59. The standard InChI is InChI=1S/C19H42N2/c1-4-7-8-9-10-11-12-13-14-15-17-20-18-16-19-21(5-2)6-3/h20H,4-19H2,1-3H3. The topological polar surface area (TPSA) is 15.3 Å². The first-order chi connectivity index (χ1) is 10.3. The quantitative estimate of drug-likeness (QED) is 0.370. The fourth-order valence-corrected chi connectivity index (χ4v) is 2.83. The van der Waals surface area contributed by atoms with E-state index >= 15 is 0 Å². The van der Waals surface area contributed by atoms with Crippen LogP contribution in [0.2, 0.25) is 0 Å². The number of rotatable bonds is 17. The minimum atomic E-state index is 1.19. The molecule has 1 N–H and O–H groups in total. The Kier molecular flexibility index (Phi) is 17.9. The molecule has 0 aromatic rings. The molecular weight excluding hydrogens is 256 g/mol. The van der Waals surface area contributed by atoms with Crippen molar-refractivity contribution in [1.82, 2.24) is 10.2 Å². The lowest BCUT2D eigenvalue weighted by Gasteiger charge is -2.17. The molecule has 0 bridgehead atoms. The maximum Gasteiger partial charge on any atom is -0.000687 e. The van der Waals surface area contributed by atoms with E-state index in [1.807, 2.05) is 0 Å². The highest BCUT2D eigenvalue weighted by Gasteiger charge is 1.97. The van der Waals surface area contributed by atoms with Gasteiger partial charge < -0.3 is 10.2 Å². The number of nitrogens with one attached hydrogen (secondary N) is 1. The van der Waals surface area contributed by atoms with Crippen LogP contribution in [0.4, 0.5) is 0 Å². The monoisotopic (exact) mass is 298 g/mol. The zero-order valence-electron chi connectivity index (χ0n) is 15.3. The van der Waals surface area contributed by atoms with Crippen LogP contribution in [-0.2, 0) is 0 Å². The van der Waals surface area contributed by atoms with Gasteiger partial charge in [0.25, 0.3) is 0 Å². The zero-order valence-corrected chi connectivity index (χ0v) is 15.3. The first-order valence-corrected chi connectivity index (χ1v) is 9.78. The summed E-state index contributed by atoms with van der Waals surface area (Å²) in [4.78, 5) is 2.50. The summed E-state index contributed by atoms with van der Waals surface area (Å²) in [6.45, 7) is 12.8. The highest BCUT2D eigenvalue weighted by molar-refractivity contribution is 4.55. The van der Waals surface area contributed by atoms with E-state index in [2.05, 4.69) is 31.0 Å². The Bertz CT molecular complexity index is 178. The molecule has 0 aliphatic carbocycles. The Morgan fingerprint density at radius 2 is 1.05 bits per heavy atom. The molecule has 0 rings (SSSR count). The molecule has 0 fully saturated rings. The van der Waals surface area contributed by atoms with Gasteiger partial charge in [-0.15, -0.1) is 0 Å². The second-order valence-corrected chi connectivity index (χ2v) is 6.31. The molecule has 0 saturated heterocycles. The summed E-state index contributed by atoms with van der Waals surface area (Å²) in [5.41, 5.74) is 0. The molecule has 0 aliphatic heterocycles. The van der Waals surface area contributed by atoms with Crippen LogP contribution in [-0.4, -0.2) is 37.6 Å². The van der Waals surface area contributed by atoms with E-state index in [0.29, 0.717) is 0 Å². The molecule has 0 heterocycles. The minimum absolute atomic E-state index is 1.19. The molecule has 0 spiro atoms. The highest BCUT2D eigenvalue weighted by Crippen LogP contribution is 2.10. The van der Waals surface area contributed by atoms with Gasteiger partial charge >= 0.3 is 0 Å². The summed E-state index contributed by atoms with van der Waals surface area (Å²) in [5.74, 6) is 0. The molecular formula is C19H42N2. The van der Waals surface area contributed by atoms with Crippen molar-refractivity contribution in [2.45, 2.75) is 91.4 Å². The lowest BCUT2D eigenvalue weighted by atomic mass is 10.1. The summed E-state index contributed by atoms with van der Waals surface area (Å²) >= 11 is 0. The van der Waals surface area contributed by atoms with Crippen LogP contribution in [0.15, 0.2) is 0 Å². The predicted molar refractivity (Wildman–Crippen MR) is 97.1 cm³/mol. The van der Waals surface area contributed by atoms with Crippen molar-refractivity contribution in [2.75, 3.05) is 32.7 Å². The molecule has 0 atom stereocenters. The maximum absolute atomic E-state index is 3.59. The smallest absolute Gasteiger partial charge is 0.000687 e.